The van der Waals surface area contributed by atoms with Crippen LogP contribution in [0.2, 0.25) is 0 Å². The van der Waals surface area contributed by atoms with Crippen molar-refractivity contribution in [1.82, 2.24) is 0 Å². The zero-order valence-corrected chi connectivity index (χ0v) is 71.1. The van der Waals surface area contributed by atoms with Gasteiger partial charge >= 0.3 is 0 Å². The molecule has 0 aliphatic heterocycles. The number of aryl methyl sites for hydroxylation is 3. The lowest BCUT2D eigenvalue weighted by Gasteiger charge is -2.10. The normalized spacial score (nSPS) is 13.0. The van der Waals surface area contributed by atoms with Crippen LogP contribution in [0.25, 0.3) is 77.9 Å². The van der Waals surface area contributed by atoms with Crippen LogP contribution in [0.15, 0.2) is 145 Å². The van der Waals surface area contributed by atoms with Crippen LogP contribution >= 0.6 is 266 Å². The Bertz CT molecular complexity index is 5100. The molecule has 0 aliphatic rings. The zero-order valence-electron chi connectivity index (χ0n) is 49.3. The molecule has 92 heavy (non-hydrogen) atoms. The van der Waals surface area contributed by atoms with Gasteiger partial charge in [0.2, 0.25) is 0 Å². The first-order valence-corrected chi connectivity index (χ1v) is 46.0. The Kier molecular flexibility index (Phi) is 22.1. The van der Waals surface area contributed by atoms with Crippen molar-refractivity contribution in [3.63, 3.8) is 0 Å². The molecular weight excluding hydrogens is 1820 g/mol. The Morgan fingerprint density at radius 1 is 0.337 bits per heavy atom. The number of carbonyl (C=O) groups excluding carboxylic acids is 2. The van der Waals surface area contributed by atoms with Crippen molar-refractivity contribution < 1.29 is 9.59 Å². The van der Waals surface area contributed by atoms with Crippen LogP contribution in [0.5, 0.6) is 0 Å². The Hall–Kier alpha value is -1.76. The summed E-state index contributed by atoms with van der Waals surface area (Å²) in [6.45, 7) is 15.5. The van der Waals surface area contributed by atoms with E-state index in [-0.39, 0.29) is 11.8 Å². The molecule has 468 valence electrons. The third kappa shape index (κ3) is 13.2. The molecule has 4 atom stereocenters. The molecule has 15 aromatic heterocycles. The maximum absolute atomic E-state index is 11.9. The summed E-state index contributed by atoms with van der Waals surface area (Å²) in [6.07, 6.45) is 1.92. The molecule has 2 nitrogen and oxygen atoms in total. The summed E-state index contributed by atoms with van der Waals surface area (Å²) in [5.41, 5.74) is 11.0. The molecule has 0 N–H and O–H groups in total. The van der Waals surface area contributed by atoms with Crippen molar-refractivity contribution in [1.29, 1.82) is 0 Å². The van der Waals surface area contributed by atoms with Gasteiger partial charge in [-0.15, -0.1) is 113 Å². The molecule has 2 aromatic carbocycles. The van der Waals surface area contributed by atoms with Gasteiger partial charge in [0.25, 0.3) is 0 Å². The van der Waals surface area contributed by atoms with Crippen molar-refractivity contribution >= 4 is 356 Å². The fourth-order valence-corrected chi connectivity index (χ4v) is 32.2. The molecule has 23 heteroatoms. The van der Waals surface area contributed by atoms with E-state index in [0.29, 0.717) is 11.8 Å². The Morgan fingerprint density at radius 2 is 0.674 bits per heavy atom. The molecule has 0 radical (unpaired) electrons. The van der Waals surface area contributed by atoms with Crippen LogP contribution in [0.4, 0.5) is 0 Å². The van der Waals surface area contributed by atoms with Crippen molar-refractivity contribution in [2.45, 2.75) is 72.1 Å². The second-order valence-electron chi connectivity index (χ2n) is 21.6. The van der Waals surface area contributed by atoms with Gasteiger partial charge in [-0.05, 0) is 285 Å². The Morgan fingerprint density at radius 3 is 0.989 bits per heavy atom. The average molecular weight is 1870 g/mol. The average Bonchev–Trinajstić information content (AvgIpc) is 1.58. The standard InChI is InChI=1S/C20H16O2S4.C20H12S4.C18H14Br2S4.C6Br4S2.C5H6S/c1-11(13-3-5-23-9-13)17-15(7-21)19-20(25-17)16(8-22)18(26-19)12(2)14-4-6-24-10-14;1-9-11-3-5-21-15(11)7-13-17(9)23-20-14-8-16-12(4-6-22-16)10(2)18(14)24-19(13)20;1-9(11-3-5-21-7-11)15-13(19)17-18(23-15)14(20)16(24-17)10(2)12-4-6-22-8-12;7-1-3-4(12-5(1)9)2(8)6(10)11-3;1-5-2-3-6-4-5/h3-12H,1-2H3;3-8H,1-2H3;3-10H,1-2H3;;2-4H,1H3. The molecule has 0 saturated carbocycles. The highest BCUT2D eigenvalue weighted by Gasteiger charge is 2.28. The van der Waals surface area contributed by atoms with Crippen molar-refractivity contribution in [2.75, 3.05) is 0 Å². The van der Waals surface area contributed by atoms with Crippen LogP contribution in [0, 0.1) is 20.8 Å². The van der Waals surface area contributed by atoms with Gasteiger partial charge < -0.3 is 0 Å². The molecule has 17 rings (SSSR count). The van der Waals surface area contributed by atoms with Gasteiger partial charge in [0, 0.05) is 92.8 Å². The van der Waals surface area contributed by atoms with Crippen LogP contribution < -0.4 is 0 Å². The number of hydrogen-bond acceptors (Lipinski definition) is 17. The molecule has 15 heterocycles. The summed E-state index contributed by atoms with van der Waals surface area (Å²) in [5.74, 6) is 1.17. The van der Waals surface area contributed by atoms with Gasteiger partial charge in [-0.2, -0.15) is 56.7 Å². The number of thiophene rings is 15. The van der Waals surface area contributed by atoms with E-state index in [9.17, 15) is 9.59 Å². The number of carbonyl (C=O) groups is 2. The lowest BCUT2D eigenvalue weighted by atomic mass is 9.99. The summed E-state index contributed by atoms with van der Waals surface area (Å²) in [4.78, 5) is 28.8. The first-order valence-electron chi connectivity index (χ1n) is 28.3. The highest BCUT2D eigenvalue weighted by atomic mass is 79.9. The molecule has 0 bridgehead atoms. The molecular formula is C69H48Br6O2S15. The van der Waals surface area contributed by atoms with Crippen molar-refractivity contribution in [3.05, 3.63) is 214 Å². The van der Waals surface area contributed by atoms with Crippen LogP contribution in [0.1, 0.15) is 131 Å². The number of hydrogen-bond donors (Lipinski definition) is 0. The molecule has 0 spiro atoms. The van der Waals surface area contributed by atoms with E-state index in [1.54, 1.807) is 102 Å². The van der Waals surface area contributed by atoms with Gasteiger partial charge in [0.15, 0.2) is 12.6 Å². The third-order valence-electron chi connectivity index (χ3n) is 16.1. The predicted molar refractivity (Wildman–Crippen MR) is 447 cm³/mol. The lowest BCUT2D eigenvalue weighted by Crippen LogP contribution is -1.96. The summed E-state index contributed by atoms with van der Waals surface area (Å²) in [6, 6.07) is 20.1. The third-order valence-corrected chi connectivity index (χ3v) is 40.5. The lowest BCUT2D eigenvalue weighted by molar-refractivity contribution is 0.111. The largest absolute Gasteiger partial charge is 0.298 e. The molecule has 0 aliphatic carbocycles. The van der Waals surface area contributed by atoms with E-state index in [1.165, 1.54) is 126 Å². The van der Waals surface area contributed by atoms with Crippen molar-refractivity contribution in [3.8, 4) is 0 Å². The zero-order chi connectivity index (χ0) is 64.4. The van der Waals surface area contributed by atoms with Gasteiger partial charge in [0.1, 0.15) is 0 Å². The fourth-order valence-electron chi connectivity index (χ4n) is 11.0. The molecule has 4 unspecified atom stereocenters. The van der Waals surface area contributed by atoms with Gasteiger partial charge in [-0.1, -0.05) is 27.7 Å². The molecule has 0 fully saturated rings. The number of aldehydes is 2. The van der Waals surface area contributed by atoms with E-state index in [1.807, 2.05) is 68.0 Å². The fraction of sp³-hybridized carbons (Fsp3) is 0.159. The van der Waals surface area contributed by atoms with Gasteiger partial charge in [-0.25, -0.2) is 0 Å². The monoisotopic (exact) mass is 1860 g/mol. The molecule has 0 saturated heterocycles. The number of halogens is 6. The Labute approximate surface area is 642 Å². The highest BCUT2D eigenvalue weighted by molar-refractivity contribution is 9.14. The van der Waals surface area contributed by atoms with E-state index >= 15 is 0 Å². The van der Waals surface area contributed by atoms with Crippen LogP contribution in [-0.2, 0) is 0 Å². The van der Waals surface area contributed by atoms with Gasteiger partial charge in [0.05, 0.1) is 54.1 Å². The molecule has 17 aromatic rings. The molecule has 0 amide bonds. The maximum atomic E-state index is 11.9. The van der Waals surface area contributed by atoms with Gasteiger partial charge in [-0.3, -0.25) is 9.59 Å². The quantitative estimate of drug-likeness (QED) is 0.128. The number of rotatable bonds is 10. The minimum absolute atomic E-state index is 0.156. The minimum atomic E-state index is 0.156. The second kappa shape index (κ2) is 29.6. The maximum Gasteiger partial charge on any atom is 0.152 e. The first kappa shape index (κ1) is 68.8. The minimum Gasteiger partial charge on any atom is -0.298 e. The van der Waals surface area contributed by atoms with Crippen molar-refractivity contribution in [2.24, 2.45) is 0 Å². The number of benzene rings is 2. The Balaban J connectivity index is 0.000000111. The predicted octanol–water partition coefficient (Wildman–Crippen LogP) is 32.3. The summed E-state index contributed by atoms with van der Waals surface area (Å²) in [5, 5.41) is 31.5. The SMILES string of the molecule is Brc1sc2c(Br)c(Br)sc2c1Br.CC(c1ccsc1)c1sc2c(Br)c(C(C)c3ccsc3)sc2c1Br.CC(c1ccsc1)c1sc2c(C=O)c(C(C)c3ccsc3)sc2c1C=O.Cc1c2ccsc2cc2c1sc1c3cc4sccc4c(C)c3sc21.Cc1ccsc1. The second-order valence-corrected chi connectivity index (χ2v) is 41.5. The smallest absolute Gasteiger partial charge is 0.152 e. The topological polar surface area (TPSA) is 34.1 Å². The van der Waals surface area contributed by atoms with Crippen LogP contribution in [-0.4, -0.2) is 12.6 Å². The highest BCUT2D eigenvalue weighted by Crippen LogP contribution is 2.55. The van der Waals surface area contributed by atoms with E-state index in [0.717, 1.165) is 59.4 Å². The summed E-state index contributed by atoms with van der Waals surface area (Å²) < 4.78 is 23.1. The summed E-state index contributed by atoms with van der Waals surface area (Å²) in [7, 11) is 0. The van der Waals surface area contributed by atoms with E-state index < -0.39 is 0 Å². The van der Waals surface area contributed by atoms with E-state index in [4.69, 9.17) is 0 Å². The number of fused-ring (bicyclic) bond motifs is 10. The first-order chi connectivity index (χ1) is 44.5. The van der Waals surface area contributed by atoms with E-state index in [2.05, 4.69) is 263 Å². The van der Waals surface area contributed by atoms with Crippen LogP contribution in [0.3, 0.4) is 0 Å². The summed E-state index contributed by atoms with van der Waals surface area (Å²) >= 11 is 48.6.